The van der Waals surface area contributed by atoms with Crippen molar-refractivity contribution in [3.8, 4) is 0 Å². The molecule has 0 heterocycles. The van der Waals surface area contributed by atoms with Gasteiger partial charge in [0.1, 0.15) is 0 Å². The van der Waals surface area contributed by atoms with Crippen molar-refractivity contribution >= 4 is 11.4 Å². The molecule has 0 aliphatic heterocycles. The maximum Gasteiger partial charge on any atom is 0.0361 e. The van der Waals surface area contributed by atoms with E-state index in [-0.39, 0.29) is 0 Å². The van der Waals surface area contributed by atoms with Crippen LogP contribution in [0.3, 0.4) is 0 Å². The third-order valence-corrected chi connectivity index (χ3v) is 4.97. The second-order valence-electron chi connectivity index (χ2n) is 7.75. The fourth-order valence-corrected chi connectivity index (χ4v) is 3.32. The number of hydrogen-bond acceptors (Lipinski definition) is 3. The van der Waals surface area contributed by atoms with Crippen LogP contribution in [-0.4, -0.2) is 33.1 Å². The smallest absolute Gasteiger partial charge is 0.0361 e. The summed E-state index contributed by atoms with van der Waals surface area (Å²) >= 11 is 0. The molecule has 3 nitrogen and oxygen atoms in total. The normalized spacial score (nSPS) is 10.9. The van der Waals surface area contributed by atoms with E-state index in [0.717, 1.165) is 19.6 Å². The summed E-state index contributed by atoms with van der Waals surface area (Å²) in [5, 5.41) is 0. The van der Waals surface area contributed by atoms with E-state index in [4.69, 9.17) is 0 Å². The van der Waals surface area contributed by atoms with Gasteiger partial charge in [-0.15, -0.1) is 0 Å². The summed E-state index contributed by atoms with van der Waals surface area (Å²) in [4.78, 5) is 6.78. The molecule has 0 aliphatic carbocycles. The quantitative estimate of drug-likeness (QED) is 0.549. The minimum absolute atomic E-state index is 0.929. The van der Waals surface area contributed by atoms with Crippen LogP contribution in [0.1, 0.15) is 16.7 Å². The lowest BCUT2D eigenvalue weighted by Crippen LogP contribution is -2.22. The van der Waals surface area contributed by atoms with E-state index in [0.29, 0.717) is 0 Å². The molecule has 0 amide bonds. The third-order valence-electron chi connectivity index (χ3n) is 4.97. The van der Waals surface area contributed by atoms with E-state index in [1.807, 2.05) is 0 Å². The molecular weight excluding hydrogens is 342 g/mol. The number of anilines is 2. The van der Waals surface area contributed by atoms with Crippen molar-refractivity contribution in [1.29, 1.82) is 0 Å². The zero-order valence-electron chi connectivity index (χ0n) is 17.5. The second-order valence-corrected chi connectivity index (χ2v) is 7.75. The Morgan fingerprint density at radius 1 is 0.464 bits per heavy atom. The minimum Gasteiger partial charge on any atom is -0.378 e. The van der Waals surface area contributed by atoms with E-state index < -0.39 is 0 Å². The molecule has 0 radical (unpaired) electrons. The van der Waals surface area contributed by atoms with Gasteiger partial charge in [0.15, 0.2) is 0 Å². The van der Waals surface area contributed by atoms with Crippen molar-refractivity contribution < 1.29 is 0 Å². The molecule has 3 aromatic carbocycles. The maximum absolute atomic E-state index is 2.50. The highest BCUT2D eigenvalue weighted by Gasteiger charge is 2.09. The van der Waals surface area contributed by atoms with Crippen LogP contribution >= 0.6 is 0 Å². The highest BCUT2D eigenvalue weighted by atomic mass is 15.1. The van der Waals surface area contributed by atoms with Crippen LogP contribution in [0.25, 0.3) is 0 Å². The van der Waals surface area contributed by atoms with Gasteiger partial charge < -0.3 is 9.80 Å². The van der Waals surface area contributed by atoms with Crippen molar-refractivity contribution in [3.05, 3.63) is 95.6 Å². The first-order valence-electron chi connectivity index (χ1n) is 9.80. The predicted molar refractivity (Wildman–Crippen MR) is 121 cm³/mol. The van der Waals surface area contributed by atoms with Crippen molar-refractivity contribution in [2.24, 2.45) is 0 Å². The summed E-state index contributed by atoms with van der Waals surface area (Å²) in [7, 11) is 8.31. The molecule has 3 aromatic rings. The van der Waals surface area contributed by atoms with Crippen LogP contribution in [-0.2, 0) is 19.6 Å². The molecule has 0 aliphatic rings. The van der Waals surface area contributed by atoms with Gasteiger partial charge in [-0.25, -0.2) is 0 Å². The highest BCUT2D eigenvalue weighted by molar-refractivity contribution is 5.47. The second kappa shape index (κ2) is 9.43. The molecule has 0 saturated carbocycles. The Hall–Kier alpha value is -2.78. The minimum atomic E-state index is 0.929. The van der Waals surface area contributed by atoms with E-state index in [1.54, 1.807) is 0 Å². The fourth-order valence-electron chi connectivity index (χ4n) is 3.32. The molecule has 146 valence electrons. The Morgan fingerprint density at radius 2 is 0.821 bits per heavy atom. The van der Waals surface area contributed by atoms with E-state index in [9.17, 15) is 0 Å². The summed E-state index contributed by atoms with van der Waals surface area (Å²) in [6.07, 6.45) is 0. The summed E-state index contributed by atoms with van der Waals surface area (Å²) in [5.74, 6) is 0. The van der Waals surface area contributed by atoms with E-state index in [2.05, 4.69) is 122 Å². The molecule has 0 bridgehead atoms. The van der Waals surface area contributed by atoms with Gasteiger partial charge in [0.25, 0.3) is 0 Å². The molecule has 0 spiro atoms. The Bertz CT molecular complexity index is 784. The first-order chi connectivity index (χ1) is 13.5. The Balaban J connectivity index is 1.76. The van der Waals surface area contributed by atoms with E-state index in [1.165, 1.54) is 28.1 Å². The molecule has 0 fully saturated rings. The van der Waals surface area contributed by atoms with Gasteiger partial charge in [-0.2, -0.15) is 0 Å². The lowest BCUT2D eigenvalue weighted by Gasteiger charge is -2.24. The first-order valence-corrected chi connectivity index (χ1v) is 9.80. The summed E-state index contributed by atoms with van der Waals surface area (Å²) in [6.45, 7) is 2.79. The zero-order chi connectivity index (χ0) is 19.9. The van der Waals surface area contributed by atoms with Crippen molar-refractivity contribution in [1.82, 2.24) is 4.90 Å². The monoisotopic (exact) mass is 373 g/mol. The van der Waals surface area contributed by atoms with Gasteiger partial charge >= 0.3 is 0 Å². The van der Waals surface area contributed by atoms with E-state index >= 15 is 0 Å². The summed E-state index contributed by atoms with van der Waals surface area (Å²) in [6, 6.07) is 28.5. The van der Waals surface area contributed by atoms with Crippen LogP contribution < -0.4 is 9.80 Å². The largest absolute Gasteiger partial charge is 0.378 e. The van der Waals surface area contributed by atoms with Crippen LogP contribution in [0.4, 0.5) is 11.4 Å². The number of hydrogen-bond donors (Lipinski definition) is 0. The highest BCUT2D eigenvalue weighted by Crippen LogP contribution is 2.19. The molecule has 3 rings (SSSR count). The van der Waals surface area contributed by atoms with Crippen LogP contribution in [0.2, 0.25) is 0 Å². The molecular formula is C25H31N3. The molecule has 0 N–H and O–H groups in total. The number of benzene rings is 3. The molecule has 3 heteroatoms. The lowest BCUT2D eigenvalue weighted by molar-refractivity contribution is 0.248. The average molecular weight is 374 g/mol. The van der Waals surface area contributed by atoms with Gasteiger partial charge in [-0.05, 0) is 41.0 Å². The fraction of sp³-hybridized carbons (Fsp3) is 0.280. The Kier molecular flexibility index (Phi) is 6.72. The van der Waals surface area contributed by atoms with Crippen LogP contribution in [0, 0.1) is 0 Å². The summed E-state index contributed by atoms with van der Waals surface area (Å²) < 4.78 is 0. The average Bonchev–Trinajstić information content (AvgIpc) is 2.69. The molecule has 28 heavy (non-hydrogen) atoms. The van der Waals surface area contributed by atoms with Gasteiger partial charge in [-0.3, -0.25) is 4.90 Å². The van der Waals surface area contributed by atoms with Gasteiger partial charge in [0.2, 0.25) is 0 Å². The molecule has 0 unspecified atom stereocenters. The molecule has 0 aromatic heterocycles. The summed E-state index contributed by atoms with van der Waals surface area (Å²) in [5.41, 5.74) is 6.49. The maximum atomic E-state index is 2.50. The SMILES string of the molecule is CN(C)c1ccc(CN(Cc2ccccc2)Cc2ccc(N(C)C)cc2)cc1. The number of nitrogens with zero attached hydrogens (tertiary/aromatic N) is 3. The van der Waals surface area contributed by atoms with Gasteiger partial charge in [-0.1, -0.05) is 54.6 Å². The standard InChI is InChI=1S/C25H31N3/c1-26(2)24-14-10-22(11-15-24)19-28(18-21-8-6-5-7-9-21)20-23-12-16-25(17-13-23)27(3)4/h5-17H,18-20H2,1-4H3. The van der Waals surface area contributed by atoms with Crippen LogP contribution in [0.5, 0.6) is 0 Å². The van der Waals surface area contributed by atoms with Gasteiger partial charge in [0, 0.05) is 59.2 Å². The third kappa shape index (κ3) is 5.61. The van der Waals surface area contributed by atoms with Crippen molar-refractivity contribution in [2.75, 3.05) is 38.0 Å². The van der Waals surface area contributed by atoms with Crippen molar-refractivity contribution in [3.63, 3.8) is 0 Å². The molecule has 0 atom stereocenters. The Labute approximate surface area is 169 Å². The lowest BCUT2D eigenvalue weighted by atomic mass is 10.1. The Morgan fingerprint density at radius 3 is 1.18 bits per heavy atom. The molecule has 0 saturated heterocycles. The van der Waals surface area contributed by atoms with Gasteiger partial charge in [0.05, 0.1) is 0 Å². The first kappa shape index (κ1) is 20.0. The number of rotatable bonds is 8. The predicted octanol–water partition coefficient (Wildman–Crippen LogP) is 5.02. The topological polar surface area (TPSA) is 9.72 Å². The zero-order valence-corrected chi connectivity index (χ0v) is 17.5. The van der Waals surface area contributed by atoms with Crippen molar-refractivity contribution in [2.45, 2.75) is 19.6 Å². The van der Waals surface area contributed by atoms with Crippen LogP contribution in [0.15, 0.2) is 78.9 Å².